The van der Waals surface area contributed by atoms with E-state index in [9.17, 15) is 8.42 Å². The van der Waals surface area contributed by atoms with Crippen LogP contribution < -0.4 is 10.0 Å². The predicted octanol–water partition coefficient (Wildman–Crippen LogP) is 2.02. The second-order valence-corrected chi connectivity index (χ2v) is 6.83. The summed E-state index contributed by atoms with van der Waals surface area (Å²) in [5.74, 6) is 0. The van der Waals surface area contributed by atoms with E-state index >= 15 is 0 Å². The van der Waals surface area contributed by atoms with Gasteiger partial charge in [0, 0.05) is 30.5 Å². The SMILES string of the molecule is Cc1nn(C)c(C)c1CNc1cccc(NS(C)(=O)=O)c1. The second kappa shape index (κ2) is 5.77. The molecule has 2 N–H and O–H groups in total. The molecule has 0 unspecified atom stereocenters. The predicted molar refractivity (Wildman–Crippen MR) is 84.9 cm³/mol. The van der Waals surface area contributed by atoms with Crippen molar-refractivity contribution < 1.29 is 8.42 Å². The van der Waals surface area contributed by atoms with Gasteiger partial charge in [-0.1, -0.05) is 6.07 Å². The first kappa shape index (κ1) is 15.4. The molecule has 0 bridgehead atoms. The summed E-state index contributed by atoms with van der Waals surface area (Å²) in [4.78, 5) is 0. The summed E-state index contributed by atoms with van der Waals surface area (Å²) in [7, 11) is -1.34. The van der Waals surface area contributed by atoms with Gasteiger partial charge in [0.25, 0.3) is 0 Å². The Bertz CT molecular complexity index is 750. The van der Waals surface area contributed by atoms with E-state index in [4.69, 9.17) is 0 Å². The van der Waals surface area contributed by atoms with Gasteiger partial charge in [-0.05, 0) is 32.0 Å². The quantitative estimate of drug-likeness (QED) is 0.886. The smallest absolute Gasteiger partial charge is 0.229 e. The van der Waals surface area contributed by atoms with Gasteiger partial charge in [-0.25, -0.2) is 8.42 Å². The number of hydrogen-bond acceptors (Lipinski definition) is 4. The van der Waals surface area contributed by atoms with E-state index in [1.807, 2.05) is 31.6 Å². The van der Waals surface area contributed by atoms with Crippen molar-refractivity contribution in [3.8, 4) is 0 Å². The summed E-state index contributed by atoms with van der Waals surface area (Å²) in [5.41, 5.74) is 4.66. The van der Waals surface area contributed by atoms with Crippen molar-refractivity contribution in [2.24, 2.45) is 7.05 Å². The molecule has 21 heavy (non-hydrogen) atoms. The maximum atomic E-state index is 11.2. The van der Waals surface area contributed by atoms with E-state index < -0.39 is 10.0 Å². The van der Waals surface area contributed by atoms with Gasteiger partial charge in [-0.15, -0.1) is 0 Å². The average molecular weight is 308 g/mol. The largest absolute Gasteiger partial charge is 0.381 e. The van der Waals surface area contributed by atoms with Crippen LogP contribution in [0, 0.1) is 13.8 Å². The lowest BCUT2D eigenvalue weighted by molar-refractivity contribution is 0.607. The van der Waals surface area contributed by atoms with Crippen molar-refractivity contribution in [2.45, 2.75) is 20.4 Å². The van der Waals surface area contributed by atoms with Crippen LogP contribution in [-0.2, 0) is 23.6 Å². The molecule has 1 heterocycles. The van der Waals surface area contributed by atoms with Crippen LogP contribution in [0.15, 0.2) is 24.3 Å². The molecule has 0 saturated heterocycles. The highest BCUT2D eigenvalue weighted by Gasteiger charge is 2.09. The number of nitrogens with zero attached hydrogens (tertiary/aromatic N) is 2. The van der Waals surface area contributed by atoms with Crippen molar-refractivity contribution >= 4 is 21.4 Å². The third-order valence-corrected chi connectivity index (χ3v) is 3.90. The molecule has 0 radical (unpaired) electrons. The first-order valence-corrected chi connectivity index (χ1v) is 8.46. The van der Waals surface area contributed by atoms with E-state index in [0.29, 0.717) is 12.2 Å². The van der Waals surface area contributed by atoms with Crippen LogP contribution in [0.2, 0.25) is 0 Å². The molecule has 6 nitrogen and oxygen atoms in total. The number of aryl methyl sites for hydroxylation is 2. The second-order valence-electron chi connectivity index (χ2n) is 5.08. The lowest BCUT2D eigenvalue weighted by atomic mass is 10.2. The molecule has 0 amide bonds. The Morgan fingerprint density at radius 3 is 2.48 bits per heavy atom. The van der Waals surface area contributed by atoms with E-state index in [0.717, 1.165) is 28.9 Å². The van der Waals surface area contributed by atoms with Crippen LogP contribution in [0.5, 0.6) is 0 Å². The number of nitrogens with one attached hydrogen (secondary N) is 2. The van der Waals surface area contributed by atoms with E-state index in [2.05, 4.69) is 15.1 Å². The maximum absolute atomic E-state index is 11.2. The number of anilines is 2. The minimum absolute atomic E-state index is 0.544. The average Bonchev–Trinajstić information content (AvgIpc) is 2.60. The van der Waals surface area contributed by atoms with Crippen molar-refractivity contribution in [3.05, 3.63) is 41.2 Å². The Kier molecular flexibility index (Phi) is 4.22. The third-order valence-electron chi connectivity index (χ3n) is 3.29. The van der Waals surface area contributed by atoms with Crippen LogP contribution in [0.1, 0.15) is 17.0 Å². The van der Waals surface area contributed by atoms with Crippen molar-refractivity contribution in [1.29, 1.82) is 0 Å². The number of aromatic nitrogens is 2. The number of hydrogen-bond donors (Lipinski definition) is 2. The zero-order chi connectivity index (χ0) is 15.6. The fourth-order valence-corrected chi connectivity index (χ4v) is 2.73. The van der Waals surface area contributed by atoms with Gasteiger partial charge >= 0.3 is 0 Å². The zero-order valence-corrected chi connectivity index (χ0v) is 13.5. The van der Waals surface area contributed by atoms with Gasteiger partial charge in [0.2, 0.25) is 10.0 Å². The first-order valence-electron chi connectivity index (χ1n) is 6.57. The lowest BCUT2D eigenvalue weighted by Crippen LogP contribution is -2.10. The highest BCUT2D eigenvalue weighted by atomic mass is 32.2. The fourth-order valence-electron chi connectivity index (χ4n) is 2.17. The lowest BCUT2D eigenvalue weighted by Gasteiger charge is -2.09. The molecule has 2 aromatic rings. The molecular formula is C14H20N4O2S. The van der Waals surface area contributed by atoms with Crippen molar-refractivity contribution in [3.63, 3.8) is 0 Å². The molecule has 0 fully saturated rings. The van der Waals surface area contributed by atoms with Gasteiger partial charge in [0.15, 0.2) is 0 Å². The van der Waals surface area contributed by atoms with Crippen LogP contribution in [0.3, 0.4) is 0 Å². The van der Waals surface area contributed by atoms with Crippen LogP contribution in [0.4, 0.5) is 11.4 Å². The summed E-state index contributed by atoms with van der Waals surface area (Å²) in [5, 5.41) is 7.67. The Morgan fingerprint density at radius 1 is 1.24 bits per heavy atom. The minimum Gasteiger partial charge on any atom is -0.381 e. The Balaban J connectivity index is 2.12. The fraction of sp³-hybridized carbons (Fsp3) is 0.357. The summed E-state index contributed by atoms with van der Waals surface area (Å²) < 4.78 is 26.8. The third kappa shape index (κ3) is 3.98. The Labute approximate surface area is 125 Å². The normalized spacial score (nSPS) is 11.4. The van der Waals surface area contributed by atoms with Gasteiger partial charge in [-0.2, -0.15) is 5.10 Å². The standard InChI is InChI=1S/C14H20N4O2S/c1-10-14(11(2)18(3)16-10)9-15-12-6-5-7-13(8-12)17-21(4,19)20/h5-8,15,17H,9H2,1-4H3. The number of rotatable bonds is 5. The molecule has 0 aliphatic heterocycles. The van der Waals surface area contributed by atoms with E-state index in [1.165, 1.54) is 0 Å². The number of sulfonamides is 1. The van der Waals surface area contributed by atoms with Gasteiger partial charge in [0.05, 0.1) is 17.6 Å². The Hall–Kier alpha value is -2.02. The molecule has 0 aliphatic carbocycles. The van der Waals surface area contributed by atoms with E-state index in [-0.39, 0.29) is 0 Å². The molecule has 0 atom stereocenters. The molecule has 114 valence electrons. The molecule has 0 saturated carbocycles. The highest BCUT2D eigenvalue weighted by molar-refractivity contribution is 7.92. The maximum Gasteiger partial charge on any atom is 0.229 e. The summed E-state index contributed by atoms with van der Waals surface area (Å²) in [6.07, 6.45) is 1.13. The topological polar surface area (TPSA) is 76.0 Å². The monoisotopic (exact) mass is 308 g/mol. The van der Waals surface area contributed by atoms with Gasteiger partial charge < -0.3 is 5.32 Å². The van der Waals surface area contributed by atoms with E-state index in [1.54, 1.807) is 18.2 Å². The Morgan fingerprint density at radius 2 is 1.90 bits per heavy atom. The molecule has 0 aliphatic rings. The number of benzene rings is 1. The summed E-state index contributed by atoms with van der Waals surface area (Å²) in [6, 6.07) is 7.18. The van der Waals surface area contributed by atoms with Crippen LogP contribution in [-0.4, -0.2) is 24.5 Å². The molecular weight excluding hydrogens is 288 g/mol. The molecule has 1 aromatic heterocycles. The van der Waals surface area contributed by atoms with Crippen molar-refractivity contribution in [2.75, 3.05) is 16.3 Å². The summed E-state index contributed by atoms with van der Waals surface area (Å²) >= 11 is 0. The van der Waals surface area contributed by atoms with Crippen LogP contribution >= 0.6 is 0 Å². The molecule has 1 aromatic carbocycles. The summed E-state index contributed by atoms with van der Waals surface area (Å²) in [6.45, 7) is 4.65. The minimum atomic E-state index is -3.26. The first-order chi connectivity index (χ1) is 9.76. The van der Waals surface area contributed by atoms with Crippen LogP contribution in [0.25, 0.3) is 0 Å². The van der Waals surface area contributed by atoms with Gasteiger partial charge in [-0.3, -0.25) is 9.40 Å². The highest BCUT2D eigenvalue weighted by Crippen LogP contribution is 2.18. The van der Waals surface area contributed by atoms with Gasteiger partial charge in [0.1, 0.15) is 0 Å². The molecule has 7 heteroatoms. The zero-order valence-electron chi connectivity index (χ0n) is 12.6. The van der Waals surface area contributed by atoms with Crippen molar-refractivity contribution in [1.82, 2.24) is 9.78 Å². The molecule has 2 rings (SSSR count). The molecule has 0 spiro atoms.